The minimum absolute atomic E-state index is 0. The van der Waals surface area contributed by atoms with Gasteiger partial charge in [-0.1, -0.05) is 30.3 Å². The van der Waals surface area contributed by atoms with E-state index in [-0.39, 0.29) is 30.1 Å². The van der Waals surface area contributed by atoms with E-state index in [0.717, 1.165) is 18.6 Å². The second-order valence-electron chi connectivity index (χ2n) is 5.82. The molecule has 0 bridgehead atoms. The van der Waals surface area contributed by atoms with Crippen molar-refractivity contribution in [3.63, 3.8) is 0 Å². The molecule has 2 N–H and O–H groups in total. The van der Waals surface area contributed by atoms with Gasteiger partial charge in [0.2, 0.25) is 6.10 Å². The van der Waals surface area contributed by atoms with Crippen molar-refractivity contribution in [2.24, 2.45) is 5.73 Å². The molecule has 25 heavy (non-hydrogen) atoms. The quantitative estimate of drug-likeness (QED) is 0.902. The number of hydrogen-bond acceptors (Lipinski definition) is 3. The number of nitrogens with two attached hydrogens (primary N) is 1. The van der Waals surface area contributed by atoms with E-state index >= 15 is 0 Å². The SMILES string of the molecule is Cl.N[C@@H]1CCN(C(=O)C(Oc2ccc(F)c(F)c2)c2ccccc2)C1. The van der Waals surface area contributed by atoms with Gasteiger partial charge in [0.1, 0.15) is 5.75 Å². The molecule has 1 heterocycles. The predicted octanol–water partition coefficient (Wildman–Crippen LogP) is 3.07. The van der Waals surface area contributed by atoms with E-state index in [4.69, 9.17) is 10.5 Å². The van der Waals surface area contributed by atoms with E-state index in [0.29, 0.717) is 18.7 Å². The average molecular weight is 369 g/mol. The van der Waals surface area contributed by atoms with Crippen LogP contribution >= 0.6 is 12.4 Å². The highest BCUT2D eigenvalue weighted by molar-refractivity contribution is 5.85. The van der Waals surface area contributed by atoms with Crippen LogP contribution in [0.4, 0.5) is 8.78 Å². The van der Waals surface area contributed by atoms with Gasteiger partial charge in [-0.25, -0.2) is 8.78 Å². The minimum Gasteiger partial charge on any atom is -0.476 e. The molecular weight excluding hydrogens is 350 g/mol. The molecule has 7 heteroatoms. The Morgan fingerprint density at radius 1 is 1.16 bits per heavy atom. The molecule has 1 amide bonds. The zero-order valence-corrected chi connectivity index (χ0v) is 14.2. The number of carbonyl (C=O) groups excluding carboxylic acids is 1. The van der Waals surface area contributed by atoms with Gasteiger partial charge in [-0.05, 0) is 18.6 Å². The number of nitrogens with zero attached hydrogens (tertiary/aromatic N) is 1. The van der Waals surface area contributed by atoms with Crippen molar-refractivity contribution in [1.82, 2.24) is 4.90 Å². The summed E-state index contributed by atoms with van der Waals surface area (Å²) in [6, 6.07) is 12.1. The van der Waals surface area contributed by atoms with Crippen LogP contribution in [0, 0.1) is 11.6 Å². The Labute approximate surface area is 151 Å². The molecular formula is C18H19ClF2N2O2. The van der Waals surface area contributed by atoms with Crippen LogP contribution in [0.3, 0.4) is 0 Å². The van der Waals surface area contributed by atoms with E-state index in [2.05, 4.69) is 0 Å². The Hall–Kier alpha value is -2.18. The lowest BCUT2D eigenvalue weighted by Gasteiger charge is -2.24. The lowest BCUT2D eigenvalue weighted by molar-refractivity contribution is -0.138. The highest BCUT2D eigenvalue weighted by Gasteiger charge is 2.32. The van der Waals surface area contributed by atoms with Crippen molar-refractivity contribution in [1.29, 1.82) is 0 Å². The van der Waals surface area contributed by atoms with E-state index in [1.165, 1.54) is 6.07 Å². The number of hydrogen-bond donors (Lipinski definition) is 1. The maximum absolute atomic E-state index is 13.4. The summed E-state index contributed by atoms with van der Waals surface area (Å²) in [6.07, 6.45) is -0.195. The lowest BCUT2D eigenvalue weighted by atomic mass is 10.1. The molecule has 2 atom stereocenters. The Balaban J connectivity index is 0.00000225. The van der Waals surface area contributed by atoms with Crippen molar-refractivity contribution in [3.8, 4) is 5.75 Å². The van der Waals surface area contributed by atoms with Gasteiger partial charge in [0.25, 0.3) is 5.91 Å². The predicted molar refractivity (Wildman–Crippen MR) is 92.6 cm³/mol. The summed E-state index contributed by atoms with van der Waals surface area (Å²) in [4.78, 5) is 14.5. The molecule has 4 nitrogen and oxygen atoms in total. The Kier molecular flexibility index (Phi) is 6.33. The fourth-order valence-corrected chi connectivity index (χ4v) is 2.73. The first-order chi connectivity index (χ1) is 11.5. The molecule has 1 aliphatic heterocycles. The third-order valence-electron chi connectivity index (χ3n) is 4.01. The summed E-state index contributed by atoms with van der Waals surface area (Å²) < 4.78 is 32.2. The number of carbonyl (C=O) groups is 1. The van der Waals surface area contributed by atoms with E-state index in [1.54, 1.807) is 29.2 Å². The van der Waals surface area contributed by atoms with Gasteiger partial charge in [-0.2, -0.15) is 0 Å². The molecule has 2 aromatic rings. The molecule has 0 aromatic heterocycles. The van der Waals surface area contributed by atoms with Crippen LogP contribution in [-0.2, 0) is 4.79 Å². The van der Waals surface area contributed by atoms with Gasteiger partial charge in [0, 0.05) is 30.8 Å². The largest absolute Gasteiger partial charge is 0.476 e. The molecule has 1 aliphatic rings. The molecule has 134 valence electrons. The van der Waals surface area contributed by atoms with Crippen LogP contribution in [0.2, 0.25) is 0 Å². The number of likely N-dealkylation sites (tertiary alicyclic amines) is 1. The first-order valence-electron chi connectivity index (χ1n) is 7.75. The Morgan fingerprint density at radius 2 is 1.88 bits per heavy atom. The topological polar surface area (TPSA) is 55.6 Å². The molecule has 0 radical (unpaired) electrons. The van der Waals surface area contributed by atoms with Crippen molar-refractivity contribution < 1.29 is 18.3 Å². The smallest absolute Gasteiger partial charge is 0.268 e. The van der Waals surface area contributed by atoms with E-state index in [1.807, 2.05) is 6.07 Å². The van der Waals surface area contributed by atoms with Crippen LogP contribution in [0.15, 0.2) is 48.5 Å². The number of rotatable bonds is 4. The Bertz CT molecular complexity index is 730. The molecule has 0 aliphatic carbocycles. The van der Waals surface area contributed by atoms with Crippen molar-refractivity contribution in [3.05, 3.63) is 65.7 Å². The fraction of sp³-hybridized carbons (Fsp3) is 0.278. The maximum atomic E-state index is 13.4. The average Bonchev–Trinajstić information content (AvgIpc) is 3.02. The van der Waals surface area contributed by atoms with Crippen LogP contribution in [-0.4, -0.2) is 29.9 Å². The molecule has 2 aromatic carbocycles. The van der Waals surface area contributed by atoms with Crippen LogP contribution in [0.5, 0.6) is 5.75 Å². The summed E-state index contributed by atoms with van der Waals surface area (Å²) in [5.74, 6) is -2.12. The first-order valence-corrected chi connectivity index (χ1v) is 7.75. The number of halogens is 3. The van der Waals surface area contributed by atoms with Crippen molar-refractivity contribution in [2.45, 2.75) is 18.6 Å². The summed E-state index contributed by atoms with van der Waals surface area (Å²) in [5.41, 5.74) is 6.51. The van der Waals surface area contributed by atoms with Gasteiger partial charge < -0.3 is 15.4 Å². The van der Waals surface area contributed by atoms with E-state index < -0.39 is 17.7 Å². The summed E-state index contributed by atoms with van der Waals surface area (Å²) >= 11 is 0. The zero-order valence-electron chi connectivity index (χ0n) is 13.4. The molecule has 3 rings (SSSR count). The maximum Gasteiger partial charge on any atom is 0.268 e. The summed E-state index contributed by atoms with van der Waals surface area (Å²) in [7, 11) is 0. The van der Waals surface area contributed by atoms with E-state index in [9.17, 15) is 13.6 Å². The van der Waals surface area contributed by atoms with Crippen molar-refractivity contribution in [2.75, 3.05) is 13.1 Å². The second kappa shape index (κ2) is 8.27. The Morgan fingerprint density at radius 3 is 2.48 bits per heavy atom. The molecule has 0 saturated carbocycles. The van der Waals surface area contributed by atoms with Gasteiger partial charge >= 0.3 is 0 Å². The van der Waals surface area contributed by atoms with Crippen molar-refractivity contribution >= 4 is 18.3 Å². The monoisotopic (exact) mass is 368 g/mol. The minimum atomic E-state index is -1.02. The molecule has 1 fully saturated rings. The van der Waals surface area contributed by atoms with Gasteiger partial charge in [0.15, 0.2) is 11.6 Å². The fourth-order valence-electron chi connectivity index (χ4n) is 2.73. The normalized spacial score (nSPS) is 17.7. The highest BCUT2D eigenvalue weighted by atomic mass is 35.5. The number of ether oxygens (including phenoxy) is 1. The van der Waals surface area contributed by atoms with Crippen LogP contribution in [0.1, 0.15) is 18.1 Å². The number of benzene rings is 2. The molecule has 1 unspecified atom stereocenters. The third kappa shape index (κ3) is 4.46. The second-order valence-corrected chi connectivity index (χ2v) is 5.82. The van der Waals surface area contributed by atoms with Gasteiger partial charge in [-0.15, -0.1) is 12.4 Å². The van der Waals surface area contributed by atoms with Crippen LogP contribution in [0.25, 0.3) is 0 Å². The zero-order chi connectivity index (χ0) is 17.1. The molecule has 0 spiro atoms. The standard InChI is InChI=1S/C18H18F2N2O2.ClH/c19-15-7-6-14(10-16(15)20)24-17(12-4-2-1-3-5-12)18(23)22-9-8-13(21)11-22;/h1-7,10,13,17H,8-9,11,21H2;1H/t13-,17?;/m1./s1. The summed E-state index contributed by atoms with van der Waals surface area (Å²) in [5, 5.41) is 0. The third-order valence-corrected chi connectivity index (χ3v) is 4.01. The highest BCUT2D eigenvalue weighted by Crippen LogP contribution is 2.26. The van der Waals surface area contributed by atoms with Crippen LogP contribution < -0.4 is 10.5 Å². The van der Waals surface area contributed by atoms with Gasteiger partial charge in [0.05, 0.1) is 0 Å². The molecule has 1 saturated heterocycles. The number of amides is 1. The summed E-state index contributed by atoms with van der Waals surface area (Å²) in [6.45, 7) is 1.02. The first kappa shape index (κ1) is 19.1. The van der Waals surface area contributed by atoms with Gasteiger partial charge in [-0.3, -0.25) is 4.79 Å². The lowest BCUT2D eigenvalue weighted by Crippen LogP contribution is -2.37.